The van der Waals surface area contributed by atoms with Crippen LogP contribution in [0.5, 0.6) is 11.5 Å². The fourth-order valence-corrected chi connectivity index (χ4v) is 2.19. The quantitative estimate of drug-likeness (QED) is 0.497. The minimum atomic E-state index is -0.225. The Morgan fingerprint density at radius 2 is 1.90 bits per heavy atom. The number of phenolic OH excluding ortho intramolecular Hbond substituents is 1. The van der Waals surface area contributed by atoms with E-state index in [0.29, 0.717) is 9.13 Å². The summed E-state index contributed by atoms with van der Waals surface area (Å²) >= 11 is 1.99. The van der Waals surface area contributed by atoms with Gasteiger partial charge in [0.2, 0.25) is 0 Å². The molecule has 0 aliphatic heterocycles. The van der Waals surface area contributed by atoms with Crippen LogP contribution in [0, 0.1) is 3.57 Å². The summed E-state index contributed by atoms with van der Waals surface area (Å²) in [4.78, 5) is 12.0. The topological polar surface area (TPSA) is 46.5 Å². The number of allylic oxidation sites excluding steroid dienone is 1. The molecule has 0 spiro atoms. The lowest BCUT2D eigenvalue weighted by atomic mass is 10.1. The van der Waals surface area contributed by atoms with Gasteiger partial charge in [0.05, 0.1) is 16.2 Å². The monoisotopic (exact) mass is 380 g/mol. The summed E-state index contributed by atoms with van der Waals surface area (Å²) in [5.41, 5.74) is 1.20. The molecule has 0 saturated carbocycles. The lowest BCUT2D eigenvalue weighted by Crippen LogP contribution is -1.95. The highest BCUT2D eigenvalue weighted by Crippen LogP contribution is 2.24. The number of para-hydroxylation sites is 1. The molecule has 0 fully saturated rings. The molecule has 0 saturated heterocycles. The Morgan fingerprint density at radius 3 is 2.55 bits per heavy atom. The highest BCUT2D eigenvalue weighted by molar-refractivity contribution is 14.1. The highest BCUT2D eigenvalue weighted by atomic mass is 127. The number of ether oxygens (including phenoxy) is 1. The summed E-state index contributed by atoms with van der Waals surface area (Å²) in [5, 5.41) is 9.85. The Hall–Kier alpha value is -1.82. The van der Waals surface area contributed by atoms with E-state index in [2.05, 4.69) is 0 Å². The first kappa shape index (κ1) is 14.6. The molecule has 102 valence electrons. The van der Waals surface area contributed by atoms with Crippen molar-refractivity contribution < 1.29 is 14.6 Å². The predicted octanol–water partition coefficient (Wildman–Crippen LogP) is 3.90. The molecule has 0 aliphatic rings. The fraction of sp³-hybridized carbons (Fsp3) is 0.0625. The second kappa shape index (κ2) is 6.56. The number of rotatable bonds is 4. The standard InChI is InChI=1S/C16H13IO3/c1-20-12-8-5-11(6-9-12)7-10-15(18)13-3-2-4-14(17)16(13)19/h2-10,19H,1H3/b10-7+. The van der Waals surface area contributed by atoms with E-state index in [1.54, 1.807) is 31.4 Å². The summed E-state index contributed by atoms with van der Waals surface area (Å²) in [7, 11) is 1.61. The van der Waals surface area contributed by atoms with E-state index >= 15 is 0 Å². The zero-order chi connectivity index (χ0) is 14.5. The first-order valence-electron chi connectivity index (χ1n) is 5.96. The molecule has 3 nitrogen and oxygen atoms in total. The fourth-order valence-electron chi connectivity index (χ4n) is 1.69. The average Bonchev–Trinajstić information content (AvgIpc) is 2.48. The molecule has 0 heterocycles. The smallest absolute Gasteiger partial charge is 0.189 e. The summed E-state index contributed by atoms with van der Waals surface area (Å²) in [6, 6.07) is 12.5. The first-order valence-corrected chi connectivity index (χ1v) is 7.03. The molecule has 0 atom stereocenters. The Balaban J connectivity index is 2.18. The number of aromatic hydroxyl groups is 1. The minimum absolute atomic E-state index is 0.0254. The van der Waals surface area contributed by atoms with Crippen LogP contribution in [0.2, 0.25) is 0 Å². The Bertz CT molecular complexity index is 645. The number of carbonyl (C=O) groups is 1. The molecule has 4 heteroatoms. The van der Waals surface area contributed by atoms with Crippen LogP contribution in [0.1, 0.15) is 15.9 Å². The molecule has 2 rings (SSSR count). The van der Waals surface area contributed by atoms with Gasteiger partial charge in [-0.2, -0.15) is 0 Å². The van der Waals surface area contributed by atoms with Gasteiger partial charge < -0.3 is 9.84 Å². The molecular formula is C16H13IO3. The highest BCUT2D eigenvalue weighted by Gasteiger charge is 2.10. The predicted molar refractivity (Wildman–Crippen MR) is 87.2 cm³/mol. The third-order valence-electron chi connectivity index (χ3n) is 2.80. The second-order valence-electron chi connectivity index (χ2n) is 4.11. The van der Waals surface area contributed by atoms with Crippen LogP contribution in [0.15, 0.2) is 48.5 Å². The van der Waals surface area contributed by atoms with Gasteiger partial charge in [0, 0.05) is 0 Å². The third kappa shape index (κ3) is 3.39. The lowest BCUT2D eigenvalue weighted by Gasteiger charge is -2.02. The number of benzene rings is 2. The maximum absolute atomic E-state index is 12.0. The SMILES string of the molecule is COc1ccc(/C=C/C(=O)c2cccc(I)c2O)cc1. The van der Waals surface area contributed by atoms with Gasteiger partial charge in [-0.3, -0.25) is 4.79 Å². The van der Waals surface area contributed by atoms with Crippen LogP contribution < -0.4 is 4.74 Å². The van der Waals surface area contributed by atoms with Crippen LogP contribution in [0.25, 0.3) is 6.08 Å². The summed E-state index contributed by atoms with van der Waals surface area (Å²) in [6.45, 7) is 0. The van der Waals surface area contributed by atoms with Crippen molar-refractivity contribution in [2.45, 2.75) is 0 Å². The van der Waals surface area contributed by atoms with Crippen molar-refractivity contribution >= 4 is 34.5 Å². The Kier molecular flexibility index (Phi) is 4.79. The number of methoxy groups -OCH3 is 1. The minimum Gasteiger partial charge on any atom is -0.506 e. The Morgan fingerprint density at radius 1 is 1.20 bits per heavy atom. The van der Waals surface area contributed by atoms with E-state index in [9.17, 15) is 9.90 Å². The molecule has 0 bridgehead atoms. The van der Waals surface area contributed by atoms with E-state index in [1.165, 1.54) is 6.08 Å². The number of phenols is 1. The number of carbonyl (C=O) groups excluding carboxylic acids is 1. The molecule has 0 amide bonds. The first-order chi connectivity index (χ1) is 9.61. The summed E-state index contributed by atoms with van der Waals surface area (Å²) in [5.74, 6) is 0.568. The Labute approximate surface area is 131 Å². The average molecular weight is 380 g/mol. The second-order valence-corrected chi connectivity index (χ2v) is 5.27. The zero-order valence-electron chi connectivity index (χ0n) is 10.8. The van der Waals surface area contributed by atoms with Crippen molar-refractivity contribution in [2.75, 3.05) is 7.11 Å². The van der Waals surface area contributed by atoms with Gasteiger partial charge in [0.1, 0.15) is 11.5 Å². The van der Waals surface area contributed by atoms with E-state index in [1.807, 2.05) is 46.9 Å². The molecule has 1 N–H and O–H groups in total. The van der Waals surface area contributed by atoms with Crippen molar-refractivity contribution in [1.82, 2.24) is 0 Å². The molecule has 2 aromatic carbocycles. The molecule has 2 aromatic rings. The van der Waals surface area contributed by atoms with Crippen molar-refractivity contribution in [3.63, 3.8) is 0 Å². The van der Waals surface area contributed by atoms with E-state index in [0.717, 1.165) is 11.3 Å². The van der Waals surface area contributed by atoms with E-state index in [4.69, 9.17) is 4.74 Å². The molecule has 20 heavy (non-hydrogen) atoms. The number of halogens is 1. The van der Waals surface area contributed by atoms with Gasteiger partial charge in [-0.05, 0) is 58.5 Å². The summed E-state index contributed by atoms with van der Waals surface area (Å²) in [6.07, 6.45) is 3.16. The maximum Gasteiger partial charge on any atom is 0.189 e. The largest absolute Gasteiger partial charge is 0.506 e. The number of hydrogen-bond acceptors (Lipinski definition) is 3. The maximum atomic E-state index is 12.0. The van der Waals surface area contributed by atoms with Gasteiger partial charge in [-0.1, -0.05) is 24.3 Å². The normalized spacial score (nSPS) is 10.7. The van der Waals surface area contributed by atoms with Crippen molar-refractivity contribution in [3.8, 4) is 11.5 Å². The summed E-state index contributed by atoms with van der Waals surface area (Å²) < 4.78 is 5.73. The lowest BCUT2D eigenvalue weighted by molar-refractivity contribution is 0.104. The van der Waals surface area contributed by atoms with Gasteiger partial charge in [-0.25, -0.2) is 0 Å². The van der Waals surface area contributed by atoms with Gasteiger partial charge in [0.15, 0.2) is 5.78 Å². The zero-order valence-corrected chi connectivity index (χ0v) is 13.0. The molecule has 0 aromatic heterocycles. The van der Waals surface area contributed by atoms with Crippen LogP contribution in [0.3, 0.4) is 0 Å². The van der Waals surface area contributed by atoms with Gasteiger partial charge in [-0.15, -0.1) is 0 Å². The van der Waals surface area contributed by atoms with Crippen molar-refractivity contribution in [1.29, 1.82) is 0 Å². The van der Waals surface area contributed by atoms with E-state index in [-0.39, 0.29) is 11.5 Å². The van der Waals surface area contributed by atoms with Gasteiger partial charge >= 0.3 is 0 Å². The third-order valence-corrected chi connectivity index (χ3v) is 3.67. The van der Waals surface area contributed by atoms with Gasteiger partial charge in [0.25, 0.3) is 0 Å². The van der Waals surface area contributed by atoms with Crippen LogP contribution in [-0.4, -0.2) is 18.0 Å². The molecule has 0 radical (unpaired) electrons. The molecular weight excluding hydrogens is 367 g/mol. The van der Waals surface area contributed by atoms with Crippen LogP contribution in [0.4, 0.5) is 0 Å². The number of hydrogen-bond donors (Lipinski definition) is 1. The van der Waals surface area contributed by atoms with Crippen LogP contribution in [-0.2, 0) is 0 Å². The van der Waals surface area contributed by atoms with Crippen LogP contribution >= 0.6 is 22.6 Å². The van der Waals surface area contributed by atoms with Crippen molar-refractivity contribution in [2.24, 2.45) is 0 Å². The van der Waals surface area contributed by atoms with E-state index < -0.39 is 0 Å². The molecule has 0 aliphatic carbocycles. The molecule has 0 unspecified atom stereocenters. The number of ketones is 1. The van der Waals surface area contributed by atoms with Crippen molar-refractivity contribution in [3.05, 3.63) is 63.2 Å².